The summed E-state index contributed by atoms with van der Waals surface area (Å²) in [4.78, 5) is 16.3. The van der Waals surface area contributed by atoms with Crippen LogP contribution in [0.3, 0.4) is 0 Å². The molecule has 138 valence electrons. The van der Waals surface area contributed by atoms with Crippen molar-refractivity contribution in [3.05, 3.63) is 83.7 Å². The van der Waals surface area contributed by atoms with Gasteiger partial charge in [0.05, 0.1) is 17.4 Å². The molecular formula is C20H16F3N3O. The minimum atomic E-state index is -4.37. The van der Waals surface area contributed by atoms with E-state index < -0.39 is 11.7 Å². The van der Waals surface area contributed by atoms with Crippen LogP contribution in [0, 0.1) is 6.92 Å². The van der Waals surface area contributed by atoms with E-state index in [0.29, 0.717) is 17.1 Å². The van der Waals surface area contributed by atoms with E-state index in [2.05, 4.69) is 15.6 Å². The normalized spacial score (nSPS) is 11.1. The predicted molar refractivity (Wildman–Crippen MR) is 98.1 cm³/mol. The molecule has 0 bridgehead atoms. The summed E-state index contributed by atoms with van der Waals surface area (Å²) in [6.45, 7) is 1.93. The Labute approximate surface area is 154 Å². The van der Waals surface area contributed by atoms with Crippen LogP contribution in [-0.4, -0.2) is 10.9 Å². The van der Waals surface area contributed by atoms with Crippen LogP contribution < -0.4 is 10.6 Å². The van der Waals surface area contributed by atoms with Crippen molar-refractivity contribution in [1.82, 2.24) is 4.98 Å². The van der Waals surface area contributed by atoms with E-state index in [1.807, 2.05) is 25.1 Å². The summed E-state index contributed by atoms with van der Waals surface area (Å²) in [5.41, 5.74) is 2.26. The van der Waals surface area contributed by atoms with Crippen LogP contribution in [0.25, 0.3) is 0 Å². The number of amides is 1. The fraction of sp³-hybridized carbons (Fsp3) is 0.100. The molecule has 2 N–H and O–H groups in total. The number of halogens is 3. The molecule has 3 aromatic rings. The number of nitrogens with one attached hydrogen (secondary N) is 2. The van der Waals surface area contributed by atoms with E-state index in [1.165, 1.54) is 24.4 Å². The van der Waals surface area contributed by atoms with E-state index in [4.69, 9.17) is 0 Å². The smallest absolute Gasteiger partial charge is 0.354 e. The first-order valence-corrected chi connectivity index (χ1v) is 8.09. The molecule has 1 amide bonds. The molecule has 1 heterocycles. The van der Waals surface area contributed by atoms with E-state index in [9.17, 15) is 18.0 Å². The summed E-state index contributed by atoms with van der Waals surface area (Å²) in [6.07, 6.45) is -2.92. The molecule has 0 atom stereocenters. The second-order valence-corrected chi connectivity index (χ2v) is 5.96. The lowest BCUT2D eigenvalue weighted by atomic mass is 10.2. The number of pyridine rings is 1. The van der Waals surface area contributed by atoms with Crippen LogP contribution in [0.1, 0.15) is 21.6 Å². The van der Waals surface area contributed by atoms with Gasteiger partial charge in [-0.15, -0.1) is 0 Å². The molecule has 0 unspecified atom stereocenters. The maximum atomic E-state index is 12.6. The van der Waals surface area contributed by atoms with Gasteiger partial charge >= 0.3 is 6.18 Å². The van der Waals surface area contributed by atoms with Crippen molar-refractivity contribution in [2.75, 3.05) is 10.6 Å². The third kappa shape index (κ3) is 4.84. The van der Waals surface area contributed by atoms with Crippen LogP contribution in [0.15, 0.2) is 66.9 Å². The molecule has 1 aromatic heterocycles. The molecule has 4 nitrogen and oxygen atoms in total. The van der Waals surface area contributed by atoms with Gasteiger partial charge in [0.25, 0.3) is 5.91 Å². The Morgan fingerprint density at radius 2 is 1.63 bits per heavy atom. The van der Waals surface area contributed by atoms with Crippen molar-refractivity contribution in [2.45, 2.75) is 13.1 Å². The van der Waals surface area contributed by atoms with Crippen LogP contribution in [0.4, 0.5) is 30.2 Å². The highest BCUT2D eigenvalue weighted by Gasteiger charge is 2.29. The lowest BCUT2D eigenvalue weighted by Gasteiger charge is -2.10. The van der Waals surface area contributed by atoms with Crippen LogP contribution in [0.5, 0.6) is 0 Å². The zero-order chi connectivity index (χ0) is 19.4. The largest absolute Gasteiger partial charge is 0.416 e. The number of rotatable bonds is 4. The highest BCUT2D eigenvalue weighted by Crippen LogP contribution is 2.30. The lowest BCUT2D eigenvalue weighted by Crippen LogP contribution is -2.13. The SMILES string of the molecule is Cc1cccc(NC(=O)c2ccc(Nc3ccc(C(F)(F)F)cc3)cn2)c1. The fourth-order valence-electron chi connectivity index (χ4n) is 2.43. The number of aryl methyl sites for hydroxylation is 1. The van der Waals surface area contributed by atoms with Gasteiger partial charge < -0.3 is 10.6 Å². The van der Waals surface area contributed by atoms with Gasteiger partial charge in [0.2, 0.25) is 0 Å². The molecular weight excluding hydrogens is 355 g/mol. The van der Waals surface area contributed by atoms with Gasteiger partial charge in [-0.25, -0.2) is 4.98 Å². The highest BCUT2D eigenvalue weighted by atomic mass is 19.4. The van der Waals surface area contributed by atoms with E-state index in [1.54, 1.807) is 12.1 Å². The van der Waals surface area contributed by atoms with Crippen LogP contribution >= 0.6 is 0 Å². The van der Waals surface area contributed by atoms with Gasteiger partial charge in [0, 0.05) is 11.4 Å². The quantitative estimate of drug-likeness (QED) is 0.645. The molecule has 0 aliphatic heterocycles. The number of carbonyl (C=O) groups excluding carboxylic acids is 1. The standard InChI is InChI=1S/C20H16F3N3O/c1-13-3-2-4-16(11-13)26-19(27)18-10-9-17(12-24-18)25-15-7-5-14(6-8-15)20(21,22)23/h2-12,25H,1H3,(H,26,27). The summed E-state index contributed by atoms with van der Waals surface area (Å²) >= 11 is 0. The van der Waals surface area contributed by atoms with Gasteiger partial charge in [-0.1, -0.05) is 12.1 Å². The Kier molecular flexibility index (Phi) is 5.12. The van der Waals surface area contributed by atoms with Crippen molar-refractivity contribution >= 4 is 23.0 Å². The zero-order valence-corrected chi connectivity index (χ0v) is 14.3. The van der Waals surface area contributed by atoms with Crippen molar-refractivity contribution < 1.29 is 18.0 Å². The number of nitrogens with zero attached hydrogens (tertiary/aromatic N) is 1. The minimum absolute atomic E-state index is 0.231. The van der Waals surface area contributed by atoms with Crippen LogP contribution in [-0.2, 0) is 6.18 Å². The average molecular weight is 371 g/mol. The second kappa shape index (κ2) is 7.49. The summed E-state index contributed by atoms with van der Waals surface area (Å²) < 4.78 is 37.7. The van der Waals surface area contributed by atoms with Crippen molar-refractivity contribution in [2.24, 2.45) is 0 Å². The van der Waals surface area contributed by atoms with E-state index >= 15 is 0 Å². The molecule has 0 fully saturated rings. The minimum Gasteiger partial charge on any atom is -0.354 e. The Hall–Kier alpha value is -3.35. The lowest BCUT2D eigenvalue weighted by molar-refractivity contribution is -0.137. The molecule has 0 radical (unpaired) electrons. The molecule has 0 spiro atoms. The summed E-state index contributed by atoms with van der Waals surface area (Å²) in [5.74, 6) is -0.346. The number of anilines is 3. The predicted octanol–water partition coefficient (Wildman–Crippen LogP) is 5.40. The van der Waals surface area contributed by atoms with Gasteiger partial charge in [-0.3, -0.25) is 4.79 Å². The first kappa shape index (κ1) is 18.4. The van der Waals surface area contributed by atoms with Gasteiger partial charge in [-0.2, -0.15) is 13.2 Å². The molecule has 0 saturated heterocycles. The molecule has 7 heteroatoms. The molecule has 3 rings (SSSR count). The Morgan fingerprint density at radius 1 is 0.926 bits per heavy atom. The third-order valence-electron chi connectivity index (χ3n) is 3.77. The zero-order valence-electron chi connectivity index (χ0n) is 14.3. The van der Waals surface area contributed by atoms with Gasteiger partial charge in [0.15, 0.2) is 0 Å². The molecule has 0 aliphatic carbocycles. The number of hydrogen-bond acceptors (Lipinski definition) is 3. The van der Waals surface area contributed by atoms with E-state index in [-0.39, 0.29) is 11.6 Å². The summed E-state index contributed by atoms with van der Waals surface area (Å²) in [5, 5.41) is 5.70. The second-order valence-electron chi connectivity index (χ2n) is 5.96. The Balaban J connectivity index is 1.65. The molecule has 27 heavy (non-hydrogen) atoms. The van der Waals surface area contributed by atoms with Crippen LogP contribution in [0.2, 0.25) is 0 Å². The molecule has 2 aromatic carbocycles. The first-order chi connectivity index (χ1) is 12.8. The maximum absolute atomic E-state index is 12.6. The monoisotopic (exact) mass is 371 g/mol. The first-order valence-electron chi connectivity index (χ1n) is 8.09. The number of carbonyl (C=O) groups is 1. The van der Waals surface area contributed by atoms with Crippen molar-refractivity contribution in [1.29, 1.82) is 0 Å². The maximum Gasteiger partial charge on any atom is 0.416 e. The summed E-state index contributed by atoms with van der Waals surface area (Å²) in [6, 6.07) is 15.2. The Bertz CT molecular complexity index is 936. The third-order valence-corrected chi connectivity index (χ3v) is 3.77. The number of aromatic nitrogens is 1. The van der Waals surface area contributed by atoms with Crippen molar-refractivity contribution in [3.63, 3.8) is 0 Å². The molecule has 0 aliphatic rings. The average Bonchev–Trinajstić information content (AvgIpc) is 2.62. The number of benzene rings is 2. The van der Waals surface area contributed by atoms with Gasteiger partial charge in [-0.05, 0) is 61.0 Å². The summed E-state index contributed by atoms with van der Waals surface area (Å²) in [7, 11) is 0. The van der Waals surface area contributed by atoms with Crippen molar-refractivity contribution in [3.8, 4) is 0 Å². The number of hydrogen-bond donors (Lipinski definition) is 2. The van der Waals surface area contributed by atoms with Gasteiger partial charge in [0.1, 0.15) is 5.69 Å². The van der Waals surface area contributed by atoms with E-state index in [0.717, 1.165) is 17.7 Å². The number of alkyl halides is 3. The fourth-order valence-corrected chi connectivity index (χ4v) is 2.43. The Morgan fingerprint density at radius 3 is 2.22 bits per heavy atom. The topological polar surface area (TPSA) is 54.0 Å². The molecule has 0 saturated carbocycles. The highest BCUT2D eigenvalue weighted by molar-refractivity contribution is 6.03.